The molecular weight excluding hydrogens is 510 g/mol. The molecule has 0 fully saturated rings. The number of anilines is 3. The number of carbonyl (C=O) groups is 2. The van der Waals surface area contributed by atoms with Crippen molar-refractivity contribution in [2.24, 2.45) is 0 Å². The van der Waals surface area contributed by atoms with E-state index in [4.69, 9.17) is 19.6 Å². The Bertz CT molecular complexity index is 1480. The average Bonchev–Trinajstić information content (AvgIpc) is 2.97. The maximum atomic E-state index is 12.8. The van der Waals surface area contributed by atoms with Crippen molar-refractivity contribution in [3.05, 3.63) is 96.6 Å². The second-order valence-electron chi connectivity index (χ2n) is 8.47. The molecule has 204 valence electrons. The Kier molecular flexibility index (Phi) is 8.83. The van der Waals surface area contributed by atoms with E-state index in [0.29, 0.717) is 34.3 Å². The summed E-state index contributed by atoms with van der Waals surface area (Å²) in [5.41, 5.74) is 3.97. The molecule has 0 bridgehead atoms. The van der Waals surface area contributed by atoms with Gasteiger partial charge in [-0.05, 0) is 53.6 Å². The van der Waals surface area contributed by atoms with Crippen LogP contribution in [0, 0.1) is 5.41 Å². The minimum atomic E-state index is -0.552. The van der Waals surface area contributed by atoms with Crippen LogP contribution in [0.3, 0.4) is 0 Å². The van der Waals surface area contributed by atoms with Crippen molar-refractivity contribution in [3.63, 3.8) is 0 Å². The fourth-order valence-corrected chi connectivity index (χ4v) is 3.92. The summed E-state index contributed by atoms with van der Waals surface area (Å²) >= 11 is 0. The highest BCUT2D eigenvalue weighted by atomic mass is 16.5. The van der Waals surface area contributed by atoms with Crippen molar-refractivity contribution in [2.45, 2.75) is 0 Å². The minimum absolute atomic E-state index is 0.213. The van der Waals surface area contributed by atoms with E-state index in [9.17, 15) is 9.59 Å². The zero-order chi connectivity index (χ0) is 28.5. The molecule has 0 atom stereocenters. The SMILES string of the molecule is COc1cc(C(=O)NC(=N)Nc2cccc(NC(=O)Nc3ccc(-c4ccccc4)cc3)c2)cc(OC)c1OC. The maximum absolute atomic E-state index is 12.8. The van der Waals surface area contributed by atoms with Gasteiger partial charge >= 0.3 is 6.03 Å². The molecule has 40 heavy (non-hydrogen) atoms. The van der Waals surface area contributed by atoms with Gasteiger partial charge in [0, 0.05) is 22.6 Å². The average molecular weight is 540 g/mol. The Morgan fingerprint density at radius 3 is 1.80 bits per heavy atom. The second-order valence-corrected chi connectivity index (χ2v) is 8.47. The van der Waals surface area contributed by atoms with Gasteiger partial charge in [0.05, 0.1) is 21.3 Å². The molecule has 5 N–H and O–H groups in total. The molecule has 0 aliphatic rings. The molecule has 0 aromatic heterocycles. The summed E-state index contributed by atoms with van der Waals surface area (Å²) in [6, 6.07) is 26.8. The van der Waals surface area contributed by atoms with E-state index < -0.39 is 11.9 Å². The standard InChI is InChI=1S/C30H29N5O5/c1-38-25-16-21(17-26(39-2)27(25)40-3)28(36)35-29(31)32-23-10-7-11-24(18-23)34-30(37)33-22-14-12-20(13-15-22)19-8-5-4-6-9-19/h4-18H,1-3H3,(H2,33,34,37)(H3,31,32,35,36). The first-order valence-electron chi connectivity index (χ1n) is 12.2. The van der Waals surface area contributed by atoms with Crippen molar-refractivity contribution in [1.82, 2.24) is 5.32 Å². The van der Waals surface area contributed by atoms with Crippen LogP contribution in [0.5, 0.6) is 17.2 Å². The first kappa shape index (κ1) is 27.5. The van der Waals surface area contributed by atoms with E-state index in [1.807, 2.05) is 54.6 Å². The first-order chi connectivity index (χ1) is 19.4. The van der Waals surface area contributed by atoms with Gasteiger partial charge in [-0.1, -0.05) is 48.5 Å². The highest BCUT2D eigenvalue weighted by molar-refractivity contribution is 6.09. The van der Waals surface area contributed by atoms with Gasteiger partial charge in [-0.2, -0.15) is 0 Å². The second kappa shape index (κ2) is 12.8. The molecule has 0 radical (unpaired) electrons. The number of hydrogen-bond acceptors (Lipinski definition) is 6. The van der Waals surface area contributed by atoms with Gasteiger partial charge in [0.2, 0.25) is 5.75 Å². The van der Waals surface area contributed by atoms with Crippen molar-refractivity contribution in [1.29, 1.82) is 5.41 Å². The zero-order valence-corrected chi connectivity index (χ0v) is 22.2. The van der Waals surface area contributed by atoms with Crippen molar-refractivity contribution < 1.29 is 23.8 Å². The fourth-order valence-electron chi connectivity index (χ4n) is 3.92. The number of carbonyl (C=O) groups excluding carboxylic acids is 2. The Morgan fingerprint density at radius 1 is 0.625 bits per heavy atom. The van der Waals surface area contributed by atoms with Gasteiger partial charge < -0.3 is 30.2 Å². The Morgan fingerprint density at radius 2 is 1.20 bits per heavy atom. The molecule has 3 amide bonds. The number of guanidine groups is 1. The minimum Gasteiger partial charge on any atom is -0.493 e. The summed E-state index contributed by atoms with van der Waals surface area (Å²) in [5, 5.41) is 19.0. The van der Waals surface area contributed by atoms with Crippen LogP contribution in [-0.4, -0.2) is 39.2 Å². The summed E-state index contributed by atoms with van der Waals surface area (Å²) in [6.07, 6.45) is 0. The lowest BCUT2D eigenvalue weighted by molar-refractivity contribution is 0.0976. The lowest BCUT2D eigenvalue weighted by atomic mass is 10.1. The van der Waals surface area contributed by atoms with Gasteiger partial charge in [0.25, 0.3) is 5.91 Å². The predicted molar refractivity (Wildman–Crippen MR) is 156 cm³/mol. The molecule has 0 unspecified atom stereocenters. The van der Waals surface area contributed by atoms with Crippen LogP contribution in [0.1, 0.15) is 10.4 Å². The number of benzene rings is 4. The molecule has 10 heteroatoms. The Labute approximate surface area is 231 Å². The van der Waals surface area contributed by atoms with E-state index in [1.165, 1.54) is 33.5 Å². The van der Waals surface area contributed by atoms with Crippen LogP contribution < -0.4 is 35.5 Å². The Hall–Kier alpha value is -5.51. The predicted octanol–water partition coefficient (Wildman–Crippen LogP) is 5.80. The number of methoxy groups -OCH3 is 3. The normalized spacial score (nSPS) is 10.2. The topological polar surface area (TPSA) is 134 Å². The largest absolute Gasteiger partial charge is 0.493 e. The quantitative estimate of drug-likeness (QED) is 0.142. The van der Waals surface area contributed by atoms with E-state index in [0.717, 1.165) is 11.1 Å². The van der Waals surface area contributed by atoms with E-state index in [2.05, 4.69) is 21.3 Å². The summed E-state index contributed by atoms with van der Waals surface area (Å²) in [7, 11) is 4.37. The van der Waals surface area contributed by atoms with Crippen molar-refractivity contribution in [2.75, 3.05) is 37.3 Å². The summed E-state index contributed by atoms with van der Waals surface area (Å²) in [6.45, 7) is 0. The third kappa shape index (κ3) is 6.87. The van der Waals surface area contributed by atoms with Gasteiger partial charge in [0.1, 0.15) is 0 Å². The van der Waals surface area contributed by atoms with E-state index >= 15 is 0 Å². The third-order valence-electron chi connectivity index (χ3n) is 5.81. The summed E-state index contributed by atoms with van der Waals surface area (Å²) < 4.78 is 15.8. The molecule has 0 heterocycles. The van der Waals surface area contributed by atoms with Crippen LogP contribution in [0.25, 0.3) is 11.1 Å². The molecule has 0 aliphatic heterocycles. The molecule has 0 saturated carbocycles. The summed E-state index contributed by atoms with van der Waals surface area (Å²) in [4.78, 5) is 25.3. The fraction of sp³-hybridized carbons (Fsp3) is 0.100. The van der Waals surface area contributed by atoms with Gasteiger partial charge in [-0.25, -0.2) is 4.79 Å². The van der Waals surface area contributed by atoms with Crippen LogP contribution in [-0.2, 0) is 0 Å². The number of nitrogens with one attached hydrogen (secondary N) is 5. The van der Waals surface area contributed by atoms with Crippen LogP contribution >= 0.6 is 0 Å². The highest BCUT2D eigenvalue weighted by Gasteiger charge is 2.18. The lowest BCUT2D eigenvalue weighted by Crippen LogP contribution is -2.35. The van der Waals surface area contributed by atoms with Crippen molar-refractivity contribution in [3.8, 4) is 28.4 Å². The smallest absolute Gasteiger partial charge is 0.323 e. The van der Waals surface area contributed by atoms with Gasteiger partial charge in [-0.15, -0.1) is 0 Å². The van der Waals surface area contributed by atoms with Crippen LogP contribution in [0.15, 0.2) is 91.0 Å². The molecule has 0 spiro atoms. The van der Waals surface area contributed by atoms with E-state index in [1.54, 1.807) is 24.3 Å². The summed E-state index contributed by atoms with van der Waals surface area (Å²) in [5.74, 6) is 0.168. The Balaban J connectivity index is 1.34. The number of ether oxygens (including phenoxy) is 3. The van der Waals surface area contributed by atoms with E-state index in [-0.39, 0.29) is 11.5 Å². The monoisotopic (exact) mass is 539 g/mol. The number of urea groups is 1. The molecule has 4 aromatic carbocycles. The number of hydrogen-bond donors (Lipinski definition) is 5. The number of amides is 3. The third-order valence-corrected chi connectivity index (χ3v) is 5.81. The molecular formula is C30H29N5O5. The molecule has 4 aromatic rings. The zero-order valence-electron chi connectivity index (χ0n) is 22.2. The number of rotatable bonds is 8. The highest BCUT2D eigenvalue weighted by Crippen LogP contribution is 2.38. The molecule has 0 aliphatic carbocycles. The lowest BCUT2D eigenvalue weighted by Gasteiger charge is -2.15. The molecule has 4 rings (SSSR count). The first-order valence-corrected chi connectivity index (χ1v) is 12.2. The molecule has 10 nitrogen and oxygen atoms in total. The van der Waals surface area contributed by atoms with Crippen LogP contribution in [0.2, 0.25) is 0 Å². The molecule has 0 saturated heterocycles. The maximum Gasteiger partial charge on any atom is 0.323 e. The van der Waals surface area contributed by atoms with Gasteiger partial charge in [0.15, 0.2) is 17.5 Å². The van der Waals surface area contributed by atoms with Gasteiger partial charge in [-0.3, -0.25) is 15.5 Å². The van der Waals surface area contributed by atoms with Crippen molar-refractivity contribution >= 4 is 35.0 Å². The van der Waals surface area contributed by atoms with Crippen LogP contribution in [0.4, 0.5) is 21.9 Å².